The molecule has 0 saturated carbocycles. The first-order chi connectivity index (χ1) is 14.3. The van der Waals surface area contributed by atoms with Crippen molar-refractivity contribution < 1.29 is 18.8 Å². The quantitative estimate of drug-likeness (QED) is 0.579. The summed E-state index contributed by atoms with van der Waals surface area (Å²) >= 11 is 0. The lowest BCUT2D eigenvalue weighted by molar-refractivity contribution is 0.0494. The predicted molar refractivity (Wildman–Crippen MR) is 109 cm³/mol. The summed E-state index contributed by atoms with van der Waals surface area (Å²) in [5.41, 5.74) is 1.28. The van der Waals surface area contributed by atoms with Gasteiger partial charge in [-0.3, -0.25) is 4.79 Å². The molecule has 0 aliphatic carbocycles. The van der Waals surface area contributed by atoms with Crippen LogP contribution in [0, 0.1) is 0 Å². The number of ether oxygens (including phenoxy) is 2. The summed E-state index contributed by atoms with van der Waals surface area (Å²) in [4.78, 5) is 15.1. The van der Waals surface area contributed by atoms with Crippen molar-refractivity contribution in [1.82, 2.24) is 10.1 Å². The number of para-hydroxylation sites is 1. The molecule has 1 aliphatic rings. The standard InChI is InChI=1S/C23H24N2O4/c26-23(21-16-24-29-22(21)18-8-3-1-4-9-18)25(17-20-12-7-14-27-20)13-15-28-19-10-5-2-6-11-19/h1-6,8-11,16,20H,7,12-15,17H2. The average molecular weight is 392 g/mol. The van der Waals surface area contributed by atoms with E-state index in [1.165, 1.54) is 6.20 Å². The topological polar surface area (TPSA) is 64.8 Å². The van der Waals surface area contributed by atoms with Crippen LogP contribution in [0.25, 0.3) is 11.3 Å². The zero-order valence-corrected chi connectivity index (χ0v) is 16.2. The van der Waals surface area contributed by atoms with E-state index in [-0.39, 0.29) is 12.0 Å². The molecule has 4 rings (SSSR count). The van der Waals surface area contributed by atoms with Crippen LogP contribution in [0.4, 0.5) is 0 Å². The van der Waals surface area contributed by atoms with Gasteiger partial charge in [0.15, 0.2) is 5.76 Å². The lowest BCUT2D eigenvalue weighted by Gasteiger charge is -2.25. The molecule has 6 nitrogen and oxygen atoms in total. The van der Waals surface area contributed by atoms with Gasteiger partial charge < -0.3 is 18.9 Å². The van der Waals surface area contributed by atoms with Crippen molar-refractivity contribution in [2.75, 3.05) is 26.3 Å². The Hall–Kier alpha value is -3.12. The Morgan fingerprint density at radius 2 is 1.86 bits per heavy atom. The Kier molecular flexibility index (Phi) is 6.22. The Labute approximate surface area is 170 Å². The number of hydrogen-bond acceptors (Lipinski definition) is 5. The first-order valence-electron chi connectivity index (χ1n) is 9.90. The third-order valence-electron chi connectivity index (χ3n) is 4.95. The lowest BCUT2D eigenvalue weighted by atomic mass is 10.1. The highest BCUT2D eigenvalue weighted by Crippen LogP contribution is 2.25. The predicted octanol–water partition coefficient (Wildman–Crippen LogP) is 4.04. The molecule has 1 atom stereocenters. The van der Waals surface area contributed by atoms with E-state index in [1.807, 2.05) is 60.7 Å². The van der Waals surface area contributed by atoms with Crippen molar-refractivity contribution in [3.05, 3.63) is 72.4 Å². The van der Waals surface area contributed by atoms with Crippen LogP contribution in [0.15, 0.2) is 71.4 Å². The first kappa shape index (κ1) is 19.2. The van der Waals surface area contributed by atoms with Crippen LogP contribution in [0.1, 0.15) is 23.2 Å². The molecule has 150 valence electrons. The number of carbonyl (C=O) groups excluding carboxylic acids is 1. The highest BCUT2D eigenvalue weighted by Gasteiger charge is 2.27. The van der Waals surface area contributed by atoms with Gasteiger partial charge in [-0.2, -0.15) is 0 Å². The minimum absolute atomic E-state index is 0.0516. The van der Waals surface area contributed by atoms with Crippen molar-refractivity contribution in [1.29, 1.82) is 0 Å². The number of benzene rings is 2. The summed E-state index contributed by atoms with van der Waals surface area (Å²) in [5.74, 6) is 1.14. The summed E-state index contributed by atoms with van der Waals surface area (Å²) in [6, 6.07) is 19.1. The van der Waals surface area contributed by atoms with Gasteiger partial charge in [0, 0.05) is 18.7 Å². The maximum absolute atomic E-state index is 13.3. The zero-order chi connectivity index (χ0) is 19.9. The fourth-order valence-electron chi connectivity index (χ4n) is 3.46. The van der Waals surface area contributed by atoms with Gasteiger partial charge in [-0.1, -0.05) is 53.7 Å². The molecule has 1 saturated heterocycles. The maximum Gasteiger partial charge on any atom is 0.259 e. The van der Waals surface area contributed by atoms with Gasteiger partial charge in [0.1, 0.15) is 17.9 Å². The molecule has 6 heteroatoms. The Bertz CT molecular complexity index is 905. The SMILES string of the molecule is O=C(c1cnoc1-c1ccccc1)N(CCOc1ccccc1)CC1CCCO1. The molecular weight excluding hydrogens is 368 g/mol. The summed E-state index contributed by atoms with van der Waals surface area (Å²) in [6.45, 7) is 2.12. The highest BCUT2D eigenvalue weighted by molar-refractivity contribution is 5.99. The second-order valence-electron chi connectivity index (χ2n) is 6.98. The van der Waals surface area contributed by atoms with Crippen molar-refractivity contribution in [3.8, 4) is 17.1 Å². The molecule has 1 fully saturated rings. The summed E-state index contributed by atoms with van der Waals surface area (Å²) in [5, 5.41) is 3.88. The molecule has 3 aromatic rings. The van der Waals surface area contributed by atoms with Gasteiger partial charge >= 0.3 is 0 Å². The molecule has 2 aromatic carbocycles. The van der Waals surface area contributed by atoms with Crippen molar-refractivity contribution in [2.24, 2.45) is 0 Å². The lowest BCUT2D eigenvalue weighted by Crippen LogP contribution is -2.40. The fraction of sp³-hybridized carbons (Fsp3) is 0.304. The van der Waals surface area contributed by atoms with Crippen LogP contribution in [-0.4, -0.2) is 48.4 Å². The maximum atomic E-state index is 13.3. The normalized spacial score (nSPS) is 15.9. The molecular formula is C23H24N2O4. The van der Waals surface area contributed by atoms with Gasteiger partial charge in [0.25, 0.3) is 5.91 Å². The number of carbonyl (C=O) groups is 1. The van der Waals surface area contributed by atoms with E-state index in [9.17, 15) is 4.79 Å². The van der Waals surface area contributed by atoms with Gasteiger partial charge in [-0.25, -0.2) is 0 Å². The monoisotopic (exact) mass is 392 g/mol. The molecule has 0 N–H and O–H groups in total. The molecule has 1 amide bonds. The number of aromatic nitrogens is 1. The number of nitrogens with zero attached hydrogens (tertiary/aromatic N) is 2. The molecule has 0 bridgehead atoms. The molecule has 1 aliphatic heterocycles. The summed E-state index contributed by atoms with van der Waals surface area (Å²) in [7, 11) is 0. The van der Waals surface area contributed by atoms with Crippen LogP contribution in [0.2, 0.25) is 0 Å². The summed E-state index contributed by atoms with van der Waals surface area (Å²) in [6.07, 6.45) is 3.52. The van der Waals surface area contributed by atoms with Gasteiger partial charge in [0.05, 0.1) is 18.8 Å². The van der Waals surface area contributed by atoms with E-state index in [4.69, 9.17) is 14.0 Å². The molecule has 1 unspecified atom stereocenters. The highest BCUT2D eigenvalue weighted by atomic mass is 16.5. The average Bonchev–Trinajstić information content (AvgIpc) is 3.46. The minimum atomic E-state index is -0.128. The van der Waals surface area contributed by atoms with Gasteiger partial charge in [-0.15, -0.1) is 0 Å². The molecule has 1 aromatic heterocycles. The van der Waals surface area contributed by atoms with Crippen molar-refractivity contribution >= 4 is 5.91 Å². The molecule has 2 heterocycles. The van der Waals surface area contributed by atoms with Crippen LogP contribution < -0.4 is 4.74 Å². The number of hydrogen-bond donors (Lipinski definition) is 0. The first-order valence-corrected chi connectivity index (χ1v) is 9.90. The van der Waals surface area contributed by atoms with E-state index in [0.717, 1.165) is 30.8 Å². The van der Waals surface area contributed by atoms with Crippen molar-refractivity contribution in [2.45, 2.75) is 18.9 Å². The second-order valence-corrected chi connectivity index (χ2v) is 6.98. The molecule has 0 spiro atoms. The van der Waals surface area contributed by atoms with Crippen LogP contribution >= 0.6 is 0 Å². The zero-order valence-electron chi connectivity index (χ0n) is 16.2. The van der Waals surface area contributed by atoms with Crippen LogP contribution in [0.3, 0.4) is 0 Å². The summed E-state index contributed by atoms with van der Waals surface area (Å²) < 4.78 is 17.0. The van der Waals surface area contributed by atoms with Gasteiger partial charge in [-0.05, 0) is 25.0 Å². The van der Waals surface area contributed by atoms with Gasteiger partial charge in [0.2, 0.25) is 0 Å². The second kappa shape index (κ2) is 9.39. The van der Waals surface area contributed by atoms with E-state index < -0.39 is 0 Å². The van der Waals surface area contributed by atoms with E-state index >= 15 is 0 Å². The Morgan fingerprint density at radius 3 is 2.59 bits per heavy atom. The smallest absolute Gasteiger partial charge is 0.259 e. The van der Waals surface area contributed by atoms with Crippen LogP contribution in [0.5, 0.6) is 5.75 Å². The minimum Gasteiger partial charge on any atom is -0.492 e. The van der Waals surface area contributed by atoms with E-state index in [1.54, 1.807) is 4.90 Å². The third-order valence-corrected chi connectivity index (χ3v) is 4.95. The number of amides is 1. The van der Waals surface area contributed by atoms with E-state index in [2.05, 4.69) is 5.16 Å². The Morgan fingerprint density at radius 1 is 1.10 bits per heavy atom. The number of rotatable bonds is 8. The molecule has 29 heavy (non-hydrogen) atoms. The molecule has 0 radical (unpaired) electrons. The van der Waals surface area contributed by atoms with Crippen LogP contribution in [-0.2, 0) is 4.74 Å². The fourth-order valence-corrected chi connectivity index (χ4v) is 3.46. The van der Waals surface area contributed by atoms with Crippen molar-refractivity contribution in [3.63, 3.8) is 0 Å². The Balaban J connectivity index is 1.49. The largest absolute Gasteiger partial charge is 0.492 e. The van der Waals surface area contributed by atoms with E-state index in [0.29, 0.717) is 31.0 Å². The third kappa shape index (κ3) is 4.84.